The van der Waals surface area contributed by atoms with E-state index < -0.39 is 5.60 Å². The third kappa shape index (κ3) is 4.32. The van der Waals surface area contributed by atoms with E-state index in [-0.39, 0.29) is 12.1 Å². The minimum absolute atomic E-state index is 0.273. The molecule has 0 bridgehead atoms. The van der Waals surface area contributed by atoms with Crippen molar-refractivity contribution in [2.75, 3.05) is 38.2 Å². The minimum atomic E-state index is -0.490. The summed E-state index contributed by atoms with van der Waals surface area (Å²) in [6.07, 6.45) is -0.273. The maximum atomic E-state index is 12.2. The van der Waals surface area contributed by atoms with Gasteiger partial charge in [-0.15, -0.1) is 0 Å². The monoisotopic (exact) mass is 391 g/mol. The van der Waals surface area contributed by atoms with Gasteiger partial charge in [0.2, 0.25) is 0 Å². The molecule has 0 N–H and O–H groups in total. The number of ether oxygens (including phenoxy) is 2. The molecule has 0 saturated carbocycles. The molecule has 2 heterocycles. The lowest BCUT2D eigenvalue weighted by Gasteiger charge is -2.35. The predicted molar refractivity (Wildman–Crippen MR) is 106 cm³/mol. The van der Waals surface area contributed by atoms with Crippen LogP contribution in [0.2, 0.25) is 0 Å². The normalized spacial score (nSPS) is 15.1. The fraction of sp³-hybridized carbons (Fsp3) is 0.526. The van der Waals surface area contributed by atoms with Crippen molar-refractivity contribution >= 4 is 38.7 Å². The van der Waals surface area contributed by atoms with Crippen molar-refractivity contribution < 1.29 is 19.1 Å². The number of rotatable bonds is 2. The van der Waals surface area contributed by atoms with Crippen LogP contribution in [0.4, 0.5) is 9.93 Å². The van der Waals surface area contributed by atoms with E-state index in [0.29, 0.717) is 31.7 Å². The molecule has 1 aromatic carbocycles. The van der Waals surface area contributed by atoms with Crippen LogP contribution in [0.1, 0.15) is 36.7 Å². The zero-order valence-corrected chi connectivity index (χ0v) is 17.2. The summed E-state index contributed by atoms with van der Waals surface area (Å²) >= 11 is 1.55. The summed E-state index contributed by atoms with van der Waals surface area (Å²) in [6.45, 7) is 10.1. The number of anilines is 1. The third-order valence-electron chi connectivity index (χ3n) is 4.30. The van der Waals surface area contributed by atoms with Crippen molar-refractivity contribution in [1.29, 1.82) is 0 Å². The summed E-state index contributed by atoms with van der Waals surface area (Å²) in [4.78, 5) is 32.7. The number of thiazole rings is 1. The average Bonchev–Trinajstić information content (AvgIpc) is 3.04. The number of aryl methyl sites for hydroxylation is 1. The van der Waals surface area contributed by atoms with Gasteiger partial charge in [-0.05, 0) is 45.4 Å². The Labute approximate surface area is 162 Å². The molecule has 3 rings (SSSR count). The predicted octanol–water partition coefficient (Wildman–Crippen LogP) is 3.45. The van der Waals surface area contributed by atoms with Crippen LogP contribution in [-0.2, 0) is 9.47 Å². The summed E-state index contributed by atoms with van der Waals surface area (Å²) < 4.78 is 11.2. The van der Waals surface area contributed by atoms with Crippen LogP contribution in [0.15, 0.2) is 12.1 Å². The van der Waals surface area contributed by atoms with Crippen LogP contribution in [0, 0.1) is 6.92 Å². The molecule has 146 valence electrons. The maximum absolute atomic E-state index is 12.2. The van der Waals surface area contributed by atoms with Gasteiger partial charge in [-0.2, -0.15) is 0 Å². The molecule has 0 radical (unpaired) electrons. The first kappa shape index (κ1) is 19.4. The van der Waals surface area contributed by atoms with Crippen molar-refractivity contribution in [1.82, 2.24) is 9.88 Å². The van der Waals surface area contributed by atoms with Crippen molar-refractivity contribution in [2.45, 2.75) is 33.3 Å². The van der Waals surface area contributed by atoms with Gasteiger partial charge < -0.3 is 19.3 Å². The van der Waals surface area contributed by atoms with Gasteiger partial charge in [0.1, 0.15) is 5.60 Å². The molecular formula is C19H25N3O4S. The highest BCUT2D eigenvalue weighted by Crippen LogP contribution is 2.32. The number of fused-ring (bicyclic) bond motifs is 1. The third-order valence-corrected chi connectivity index (χ3v) is 5.36. The fourth-order valence-corrected chi connectivity index (χ4v) is 4.10. The largest absolute Gasteiger partial charge is 0.465 e. The van der Waals surface area contributed by atoms with Gasteiger partial charge in [-0.1, -0.05) is 11.3 Å². The van der Waals surface area contributed by atoms with Crippen LogP contribution in [0.5, 0.6) is 0 Å². The van der Waals surface area contributed by atoms with Crippen molar-refractivity contribution in [3.63, 3.8) is 0 Å². The van der Waals surface area contributed by atoms with E-state index in [2.05, 4.69) is 4.90 Å². The summed E-state index contributed by atoms with van der Waals surface area (Å²) in [5.41, 5.74) is 1.89. The Morgan fingerprint density at radius 2 is 1.81 bits per heavy atom. The zero-order valence-electron chi connectivity index (χ0n) is 16.4. The Hall–Kier alpha value is -2.35. The van der Waals surface area contributed by atoms with Crippen LogP contribution in [0.3, 0.4) is 0 Å². The number of methoxy groups -OCH3 is 1. The van der Waals surface area contributed by atoms with E-state index in [4.69, 9.17) is 14.5 Å². The molecule has 2 aromatic rings. The van der Waals surface area contributed by atoms with E-state index in [1.807, 2.05) is 33.8 Å². The number of benzene rings is 1. The lowest BCUT2D eigenvalue weighted by molar-refractivity contribution is 0.0240. The lowest BCUT2D eigenvalue weighted by Crippen LogP contribution is -2.50. The number of aromatic nitrogens is 1. The molecule has 0 atom stereocenters. The topological polar surface area (TPSA) is 72.0 Å². The molecule has 7 nitrogen and oxygen atoms in total. The number of hydrogen-bond donors (Lipinski definition) is 0. The fourth-order valence-electron chi connectivity index (χ4n) is 2.96. The quantitative estimate of drug-likeness (QED) is 0.730. The molecule has 1 aliphatic rings. The van der Waals surface area contributed by atoms with Crippen molar-refractivity contribution in [2.24, 2.45) is 0 Å². The number of hydrogen-bond acceptors (Lipinski definition) is 7. The summed E-state index contributed by atoms with van der Waals surface area (Å²) in [5, 5.41) is 0.902. The van der Waals surface area contributed by atoms with E-state index >= 15 is 0 Å². The van der Waals surface area contributed by atoms with Gasteiger partial charge in [0, 0.05) is 26.2 Å². The second-order valence-corrected chi connectivity index (χ2v) is 8.59. The molecule has 1 saturated heterocycles. The number of carbonyl (C=O) groups excluding carboxylic acids is 2. The van der Waals surface area contributed by atoms with E-state index in [1.165, 1.54) is 7.11 Å². The summed E-state index contributed by atoms with van der Waals surface area (Å²) in [5.74, 6) is -0.346. The van der Waals surface area contributed by atoms with E-state index in [9.17, 15) is 9.59 Å². The molecule has 0 spiro atoms. The maximum Gasteiger partial charge on any atom is 0.410 e. The number of carbonyl (C=O) groups is 2. The van der Waals surface area contributed by atoms with Gasteiger partial charge in [-0.3, -0.25) is 0 Å². The second-order valence-electron chi connectivity index (χ2n) is 7.58. The first-order valence-corrected chi connectivity index (χ1v) is 9.72. The van der Waals surface area contributed by atoms with Gasteiger partial charge >= 0.3 is 12.1 Å². The Kier molecular flexibility index (Phi) is 5.28. The van der Waals surface area contributed by atoms with E-state index in [0.717, 1.165) is 20.9 Å². The molecular weight excluding hydrogens is 366 g/mol. The molecule has 1 amide bonds. The summed E-state index contributed by atoms with van der Waals surface area (Å²) in [7, 11) is 1.38. The van der Waals surface area contributed by atoms with Gasteiger partial charge in [0.05, 0.1) is 22.9 Å². The van der Waals surface area contributed by atoms with E-state index in [1.54, 1.807) is 22.3 Å². The lowest BCUT2D eigenvalue weighted by atomic mass is 10.1. The van der Waals surface area contributed by atoms with Gasteiger partial charge in [0.15, 0.2) is 5.13 Å². The average molecular weight is 391 g/mol. The highest BCUT2D eigenvalue weighted by atomic mass is 32.1. The van der Waals surface area contributed by atoms with Crippen molar-refractivity contribution in [3.8, 4) is 0 Å². The SMILES string of the molecule is COC(=O)c1cc(C)c2nc(N3CCN(C(=O)OC(C)(C)C)CC3)sc2c1. The Morgan fingerprint density at radius 1 is 1.15 bits per heavy atom. The van der Waals surface area contributed by atoms with Crippen LogP contribution < -0.4 is 4.90 Å². The second kappa shape index (κ2) is 7.34. The minimum Gasteiger partial charge on any atom is -0.465 e. The molecule has 8 heteroatoms. The number of amides is 1. The molecule has 0 unspecified atom stereocenters. The van der Waals surface area contributed by atoms with Crippen LogP contribution in [0.25, 0.3) is 10.2 Å². The first-order chi connectivity index (χ1) is 12.7. The summed E-state index contributed by atoms with van der Waals surface area (Å²) in [6, 6.07) is 3.63. The Morgan fingerprint density at radius 3 is 2.41 bits per heavy atom. The molecule has 1 fully saturated rings. The van der Waals surface area contributed by atoms with Crippen LogP contribution >= 0.6 is 11.3 Å². The number of piperazine rings is 1. The van der Waals surface area contributed by atoms with Crippen LogP contribution in [-0.4, -0.2) is 60.8 Å². The Bertz CT molecular complexity index is 864. The zero-order chi connectivity index (χ0) is 19.8. The van der Waals surface area contributed by atoms with Gasteiger partial charge in [0.25, 0.3) is 0 Å². The number of nitrogens with zero attached hydrogens (tertiary/aromatic N) is 3. The molecule has 1 aromatic heterocycles. The Balaban J connectivity index is 1.73. The molecule has 27 heavy (non-hydrogen) atoms. The van der Waals surface area contributed by atoms with Crippen molar-refractivity contribution in [3.05, 3.63) is 23.3 Å². The van der Waals surface area contributed by atoms with Gasteiger partial charge in [-0.25, -0.2) is 14.6 Å². The smallest absolute Gasteiger partial charge is 0.410 e. The highest BCUT2D eigenvalue weighted by Gasteiger charge is 2.27. The molecule has 1 aliphatic heterocycles. The standard InChI is InChI=1S/C19H25N3O4S/c1-12-10-13(16(23)25-5)11-14-15(12)20-17(27-14)21-6-8-22(9-7-21)18(24)26-19(2,3)4/h10-11H,6-9H2,1-5H3. The number of esters is 1. The molecule has 0 aliphatic carbocycles. The first-order valence-electron chi connectivity index (χ1n) is 8.90. The highest BCUT2D eigenvalue weighted by molar-refractivity contribution is 7.22.